The molecule has 30 heavy (non-hydrogen) atoms. The van der Waals surface area contributed by atoms with Crippen LogP contribution in [-0.2, 0) is 6.54 Å². The molecule has 0 fully saturated rings. The van der Waals surface area contributed by atoms with Gasteiger partial charge in [0.15, 0.2) is 5.82 Å². The minimum absolute atomic E-state index is 0.384. The zero-order valence-electron chi connectivity index (χ0n) is 16.7. The Bertz CT molecular complexity index is 1390. The van der Waals surface area contributed by atoms with Crippen molar-refractivity contribution in [3.05, 3.63) is 95.0 Å². The number of thiophene rings is 1. The molecule has 0 amide bonds. The molecule has 5 aromatic rings. The molecule has 4 heteroatoms. The first-order chi connectivity index (χ1) is 14.7. The van der Waals surface area contributed by atoms with E-state index >= 15 is 0 Å². The molecule has 0 aliphatic carbocycles. The van der Waals surface area contributed by atoms with Crippen molar-refractivity contribution in [2.75, 3.05) is 13.6 Å². The Balaban J connectivity index is 1.43. The molecule has 1 aliphatic heterocycles. The van der Waals surface area contributed by atoms with Gasteiger partial charge in [0.2, 0.25) is 0 Å². The van der Waals surface area contributed by atoms with Crippen LogP contribution in [0.5, 0.6) is 0 Å². The molecule has 146 valence electrons. The number of nitrogens with zero attached hydrogens (tertiary/aromatic N) is 3. The number of fused-ring (bicyclic) bond motifs is 3. The van der Waals surface area contributed by atoms with E-state index in [1.54, 1.807) is 11.3 Å². The summed E-state index contributed by atoms with van der Waals surface area (Å²) < 4.78 is 1.35. The van der Waals surface area contributed by atoms with Gasteiger partial charge in [-0.3, -0.25) is 0 Å². The van der Waals surface area contributed by atoms with Crippen LogP contribution in [0.4, 0.5) is 0 Å². The lowest BCUT2D eigenvalue weighted by Crippen LogP contribution is -2.31. The van der Waals surface area contributed by atoms with E-state index < -0.39 is 0 Å². The van der Waals surface area contributed by atoms with E-state index in [1.807, 2.05) is 24.4 Å². The Hall–Kier alpha value is -3.08. The standard InChI is InChI=1S/C26H21N3S/c1-29-15-21-13-19(26-27-14-20-4-2-3-5-24(20)28-26)6-8-22(21)23(16-29)17-7-9-25-18(12-17)10-11-30-25/h2-14,23H,15-16H2,1H3. The Morgan fingerprint density at radius 3 is 2.87 bits per heavy atom. The molecule has 2 aromatic heterocycles. The van der Waals surface area contributed by atoms with Crippen LogP contribution in [0.2, 0.25) is 0 Å². The molecular weight excluding hydrogens is 386 g/mol. The van der Waals surface area contributed by atoms with Crippen molar-refractivity contribution in [3.63, 3.8) is 0 Å². The van der Waals surface area contributed by atoms with Crippen LogP contribution in [0.25, 0.3) is 32.4 Å². The van der Waals surface area contributed by atoms with E-state index in [0.29, 0.717) is 5.92 Å². The summed E-state index contributed by atoms with van der Waals surface area (Å²) in [5, 5.41) is 4.59. The van der Waals surface area contributed by atoms with Crippen molar-refractivity contribution >= 4 is 32.3 Å². The van der Waals surface area contributed by atoms with Crippen molar-refractivity contribution in [1.29, 1.82) is 0 Å². The van der Waals surface area contributed by atoms with Crippen LogP contribution in [0.3, 0.4) is 0 Å². The average molecular weight is 408 g/mol. The maximum absolute atomic E-state index is 4.80. The van der Waals surface area contributed by atoms with Crippen molar-refractivity contribution in [2.45, 2.75) is 12.5 Å². The molecule has 3 heterocycles. The first-order valence-electron chi connectivity index (χ1n) is 10.3. The minimum Gasteiger partial charge on any atom is -0.301 e. The maximum Gasteiger partial charge on any atom is 0.159 e. The lowest BCUT2D eigenvalue weighted by Gasteiger charge is -2.33. The number of hydrogen-bond acceptors (Lipinski definition) is 4. The highest BCUT2D eigenvalue weighted by molar-refractivity contribution is 7.17. The summed E-state index contributed by atoms with van der Waals surface area (Å²) >= 11 is 1.80. The van der Waals surface area contributed by atoms with Crippen LogP contribution in [0.1, 0.15) is 22.6 Å². The third-order valence-electron chi connectivity index (χ3n) is 6.08. The molecule has 0 saturated heterocycles. The molecule has 1 aliphatic rings. The fourth-order valence-corrected chi connectivity index (χ4v) is 5.36. The second kappa shape index (κ2) is 7.01. The number of aromatic nitrogens is 2. The van der Waals surface area contributed by atoms with Gasteiger partial charge in [-0.2, -0.15) is 0 Å². The molecule has 3 nitrogen and oxygen atoms in total. The van der Waals surface area contributed by atoms with Gasteiger partial charge >= 0.3 is 0 Å². The summed E-state index contributed by atoms with van der Waals surface area (Å²) in [7, 11) is 2.21. The van der Waals surface area contributed by atoms with Gasteiger partial charge in [-0.05, 0) is 64.8 Å². The van der Waals surface area contributed by atoms with Crippen molar-refractivity contribution in [1.82, 2.24) is 14.9 Å². The smallest absolute Gasteiger partial charge is 0.159 e. The fraction of sp³-hybridized carbons (Fsp3) is 0.154. The fourth-order valence-electron chi connectivity index (χ4n) is 4.59. The third kappa shape index (κ3) is 3.00. The van der Waals surface area contributed by atoms with Gasteiger partial charge in [0.25, 0.3) is 0 Å². The van der Waals surface area contributed by atoms with Gasteiger partial charge in [0, 0.05) is 40.9 Å². The van der Waals surface area contributed by atoms with Crippen LogP contribution in [0, 0.1) is 0 Å². The predicted octanol–water partition coefficient (Wildman–Crippen LogP) is 6.09. The molecule has 1 atom stereocenters. The first kappa shape index (κ1) is 17.8. The van der Waals surface area contributed by atoms with Gasteiger partial charge in [-0.1, -0.05) is 36.4 Å². The van der Waals surface area contributed by atoms with E-state index in [-0.39, 0.29) is 0 Å². The molecule has 1 unspecified atom stereocenters. The lowest BCUT2D eigenvalue weighted by atomic mass is 9.84. The van der Waals surface area contributed by atoms with Crippen molar-refractivity contribution in [2.24, 2.45) is 0 Å². The van der Waals surface area contributed by atoms with Gasteiger partial charge in [-0.25, -0.2) is 9.97 Å². The van der Waals surface area contributed by atoms with Crippen LogP contribution < -0.4 is 0 Å². The summed E-state index contributed by atoms with van der Waals surface area (Å²) in [6.07, 6.45) is 1.92. The topological polar surface area (TPSA) is 29.0 Å². The Kier molecular flexibility index (Phi) is 4.15. The second-order valence-electron chi connectivity index (χ2n) is 8.13. The van der Waals surface area contributed by atoms with E-state index in [1.165, 1.54) is 26.8 Å². The maximum atomic E-state index is 4.80. The second-order valence-corrected chi connectivity index (χ2v) is 9.08. The Labute approximate surface area is 179 Å². The van der Waals surface area contributed by atoms with Crippen molar-refractivity contribution < 1.29 is 0 Å². The third-order valence-corrected chi connectivity index (χ3v) is 6.98. The highest BCUT2D eigenvalue weighted by atomic mass is 32.1. The van der Waals surface area contributed by atoms with E-state index in [2.05, 4.69) is 70.8 Å². The molecule has 0 spiro atoms. The Morgan fingerprint density at radius 2 is 1.90 bits per heavy atom. The van der Waals surface area contributed by atoms with Gasteiger partial charge in [0.1, 0.15) is 0 Å². The summed E-state index contributed by atoms with van der Waals surface area (Å²) in [5.74, 6) is 1.18. The van der Waals surface area contributed by atoms with Crippen molar-refractivity contribution in [3.8, 4) is 11.4 Å². The van der Waals surface area contributed by atoms with Gasteiger partial charge < -0.3 is 4.90 Å². The van der Waals surface area contributed by atoms with E-state index in [9.17, 15) is 0 Å². The van der Waals surface area contributed by atoms with Crippen LogP contribution >= 0.6 is 11.3 Å². The van der Waals surface area contributed by atoms with E-state index in [4.69, 9.17) is 4.98 Å². The molecule has 3 aromatic carbocycles. The normalized spacial score (nSPS) is 16.8. The quantitative estimate of drug-likeness (QED) is 0.355. The zero-order chi connectivity index (χ0) is 20.1. The molecule has 6 rings (SSSR count). The highest BCUT2D eigenvalue weighted by Gasteiger charge is 2.25. The largest absolute Gasteiger partial charge is 0.301 e. The van der Waals surface area contributed by atoms with Gasteiger partial charge in [0.05, 0.1) is 5.52 Å². The summed E-state index contributed by atoms with van der Waals surface area (Å²) in [6.45, 7) is 1.99. The molecule has 0 radical (unpaired) electrons. The Morgan fingerprint density at radius 1 is 0.967 bits per heavy atom. The molecule has 0 saturated carbocycles. The van der Waals surface area contributed by atoms with E-state index in [0.717, 1.165) is 35.4 Å². The highest BCUT2D eigenvalue weighted by Crippen LogP contribution is 2.36. The summed E-state index contributed by atoms with van der Waals surface area (Å²) in [4.78, 5) is 11.8. The number of likely N-dealkylation sites (N-methyl/N-ethyl adjacent to an activating group) is 1. The first-order valence-corrected chi connectivity index (χ1v) is 11.1. The SMILES string of the molecule is CN1Cc2cc(-c3ncc4ccccc4n3)ccc2C(c2ccc3sccc3c2)C1. The van der Waals surface area contributed by atoms with Gasteiger partial charge in [-0.15, -0.1) is 11.3 Å². The predicted molar refractivity (Wildman–Crippen MR) is 125 cm³/mol. The minimum atomic E-state index is 0.384. The lowest BCUT2D eigenvalue weighted by molar-refractivity contribution is 0.295. The molecular formula is C26H21N3S. The number of benzene rings is 3. The molecule has 0 bridgehead atoms. The number of rotatable bonds is 2. The summed E-state index contributed by atoms with van der Waals surface area (Å²) in [6, 6.07) is 24.0. The number of para-hydroxylation sites is 1. The van der Waals surface area contributed by atoms with Crippen LogP contribution in [-0.4, -0.2) is 28.5 Å². The molecule has 0 N–H and O–H groups in total. The number of hydrogen-bond donors (Lipinski definition) is 0. The zero-order valence-corrected chi connectivity index (χ0v) is 17.6. The average Bonchev–Trinajstić information content (AvgIpc) is 3.25. The van der Waals surface area contributed by atoms with Crippen LogP contribution in [0.15, 0.2) is 78.3 Å². The summed E-state index contributed by atoms with van der Waals surface area (Å²) in [5.41, 5.74) is 6.25. The monoisotopic (exact) mass is 407 g/mol.